The molecule has 146 valence electrons. The van der Waals surface area contributed by atoms with Crippen LogP contribution in [0.1, 0.15) is 13.8 Å². The lowest BCUT2D eigenvalue weighted by atomic mass is 10.1. The van der Waals surface area contributed by atoms with Crippen LogP contribution in [0.25, 0.3) is 0 Å². The van der Waals surface area contributed by atoms with Crippen molar-refractivity contribution in [2.45, 2.75) is 31.0 Å². The molecule has 13 heteroatoms. The third-order valence-electron chi connectivity index (χ3n) is 2.55. The molecule has 0 amide bonds. The summed E-state index contributed by atoms with van der Waals surface area (Å²) in [5.41, 5.74) is 3.14. The van der Waals surface area contributed by atoms with E-state index >= 15 is 0 Å². The zero-order valence-electron chi connectivity index (χ0n) is 13.7. The highest BCUT2D eigenvalue weighted by Gasteiger charge is 2.51. The number of allylic oxidation sites excluding steroid dienone is 2. The Morgan fingerprint density at radius 2 is 1.76 bits per heavy atom. The number of alkyl halides is 6. The monoisotopic (exact) mass is 397 g/mol. The Labute approximate surface area is 145 Å². The predicted octanol–water partition coefficient (Wildman–Crippen LogP) is 2.97. The van der Waals surface area contributed by atoms with E-state index in [1.807, 2.05) is 11.0 Å². The van der Waals surface area contributed by atoms with Crippen molar-refractivity contribution in [3.63, 3.8) is 0 Å². The standard InChI is InChI=1S/C12H18ClF6N5O/c1-6-7(14)8(25-10(2,3)12(17,18)19)24(5)23-22-9(21-20-4)11(13,15)16/h6,20,23H,1H2,2-5H3,(H,21,22)/b8-7-. The van der Waals surface area contributed by atoms with Crippen molar-refractivity contribution in [2.24, 2.45) is 5.10 Å². The summed E-state index contributed by atoms with van der Waals surface area (Å²) in [6.45, 7) is 4.38. The quantitative estimate of drug-likeness (QED) is 0.112. The Balaban J connectivity index is 5.56. The van der Waals surface area contributed by atoms with Crippen molar-refractivity contribution in [2.75, 3.05) is 14.1 Å². The van der Waals surface area contributed by atoms with Gasteiger partial charge in [0, 0.05) is 14.1 Å². The Kier molecular flexibility index (Phi) is 7.90. The molecule has 0 aliphatic rings. The maximum absolute atomic E-state index is 13.8. The van der Waals surface area contributed by atoms with E-state index in [1.54, 1.807) is 0 Å². The Morgan fingerprint density at radius 1 is 1.24 bits per heavy atom. The summed E-state index contributed by atoms with van der Waals surface area (Å²) in [5, 5.41) is -0.281. The van der Waals surface area contributed by atoms with Crippen molar-refractivity contribution in [3.05, 3.63) is 24.4 Å². The number of nitrogens with zero attached hydrogens (tertiary/aromatic N) is 2. The van der Waals surface area contributed by atoms with Crippen molar-refractivity contribution in [1.29, 1.82) is 0 Å². The lowest BCUT2D eigenvalue weighted by Gasteiger charge is -2.33. The molecule has 0 aromatic carbocycles. The molecule has 0 bridgehead atoms. The van der Waals surface area contributed by atoms with Gasteiger partial charge in [0.15, 0.2) is 11.4 Å². The molecule has 0 aromatic heterocycles. The van der Waals surface area contributed by atoms with E-state index in [4.69, 9.17) is 11.6 Å². The van der Waals surface area contributed by atoms with E-state index in [0.29, 0.717) is 24.9 Å². The SMILES string of the molecule is C=C/C(F)=C(/OC(C)(C)C(F)(F)F)N(C)N/N=C(\NNC)C(F)(F)Cl. The number of nitrogens with one attached hydrogen (secondary N) is 3. The molecule has 0 saturated carbocycles. The zero-order chi connectivity index (χ0) is 20.1. The van der Waals surface area contributed by atoms with Gasteiger partial charge in [0.2, 0.25) is 11.7 Å². The average Bonchev–Trinajstić information content (AvgIpc) is 2.45. The van der Waals surface area contributed by atoms with E-state index in [9.17, 15) is 26.3 Å². The third-order valence-corrected chi connectivity index (χ3v) is 2.73. The second-order valence-electron chi connectivity index (χ2n) is 4.96. The van der Waals surface area contributed by atoms with E-state index in [1.165, 1.54) is 7.05 Å². The fourth-order valence-electron chi connectivity index (χ4n) is 1.12. The van der Waals surface area contributed by atoms with Gasteiger partial charge in [0.1, 0.15) is 0 Å². The van der Waals surface area contributed by atoms with Crippen LogP contribution in [0.5, 0.6) is 0 Å². The lowest BCUT2D eigenvalue weighted by molar-refractivity contribution is -0.258. The number of hydrogen-bond donors (Lipinski definition) is 3. The minimum atomic E-state index is -4.84. The van der Waals surface area contributed by atoms with Gasteiger partial charge in [0.25, 0.3) is 0 Å². The van der Waals surface area contributed by atoms with Crippen LogP contribution >= 0.6 is 11.6 Å². The summed E-state index contributed by atoms with van der Waals surface area (Å²) < 4.78 is 83.3. The van der Waals surface area contributed by atoms with Gasteiger partial charge in [-0.1, -0.05) is 6.58 Å². The summed E-state index contributed by atoms with van der Waals surface area (Å²) >= 11 is 4.79. The molecule has 25 heavy (non-hydrogen) atoms. The molecule has 0 fully saturated rings. The summed E-state index contributed by atoms with van der Waals surface area (Å²) in [4.78, 5) is 0. The highest BCUT2D eigenvalue weighted by molar-refractivity contribution is 6.33. The van der Waals surface area contributed by atoms with Crippen LogP contribution in [0.15, 0.2) is 29.5 Å². The first kappa shape index (κ1) is 23.2. The Bertz CT molecular complexity index is 529. The number of amidine groups is 1. The number of hydrazone groups is 1. The molecule has 0 aromatic rings. The number of rotatable bonds is 8. The van der Waals surface area contributed by atoms with Crippen molar-refractivity contribution in [1.82, 2.24) is 21.4 Å². The van der Waals surface area contributed by atoms with Gasteiger partial charge in [-0.3, -0.25) is 0 Å². The minimum Gasteiger partial charge on any atom is -0.460 e. The first-order chi connectivity index (χ1) is 11.2. The van der Waals surface area contributed by atoms with Gasteiger partial charge in [-0.15, -0.1) is 5.10 Å². The molecule has 3 N–H and O–H groups in total. The molecule has 0 heterocycles. The summed E-state index contributed by atoms with van der Waals surface area (Å²) in [5.74, 6) is -3.40. The van der Waals surface area contributed by atoms with Crippen LogP contribution in [-0.2, 0) is 4.74 Å². The third kappa shape index (κ3) is 6.90. The van der Waals surface area contributed by atoms with Crippen LogP contribution in [0.4, 0.5) is 26.3 Å². The molecule has 0 saturated heterocycles. The first-order valence-electron chi connectivity index (χ1n) is 6.52. The second-order valence-corrected chi connectivity index (χ2v) is 5.43. The fraction of sp³-hybridized carbons (Fsp3) is 0.583. The highest BCUT2D eigenvalue weighted by atomic mass is 35.5. The molecule has 0 aliphatic carbocycles. The van der Waals surface area contributed by atoms with Crippen LogP contribution in [0.3, 0.4) is 0 Å². The van der Waals surface area contributed by atoms with E-state index in [0.717, 1.165) is 7.05 Å². The van der Waals surface area contributed by atoms with Crippen LogP contribution < -0.4 is 16.4 Å². The van der Waals surface area contributed by atoms with Crippen LogP contribution in [-0.4, -0.2) is 42.1 Å². The smallest absolute Gasteiger partial charge is 0.427 e. The molecule has 0 rings (SSSR count). The van der Waals surface area contributed by atoms with E-state index in [2.05, 4.69) is 21.8 Å². The molecule has 0 atom stereocenters. The summed E-state index contributed by atoms with van der Waals surface area (Å²) in [6, 6.07) is 0. The van der Waals surface area contributed by atoms with Crippen LogP contribution in [0.2, 0.25) is 0 Å². The molecule has 6 nitrogen and oxygen atoms in total. The molecular weight excluding hydrogens is 380 g/mol. The highest BCUT2D eigenvalue weighted by Crippen LogP contribution is 2.35. The number of halogens is 7. The number of ether oxygens (including phenoxy) is 1. The van der Waals surface area contributed by atoms with Gasteiger partial charge in [-0.2, -0.15) is 22.0 Å². The molecule has 0 unspecified atom stereocenters. The molecule has 0 spiro atoms. The Hall–Kier alpha value is -1.82. The first-order valence-corrected chi connectivity index (χ1v) is 6.90. The molecule has 0 radical (unpaired) electrons. The van der Waals surface area contributed by atoms with Gasteiger partial charge in [0.05, 0.1) is 0 Å². The number of hydrogen-bond acceptors (Lipinski definition) is 5. The van der Waals surface area contributed by atoms with Gasteiger partial charge in [-0.25, -0.2) is 20.4 Å². The maximum Gasteiger partial charge on any atom is 0.427 e. The van der Waals surface area contributed by atoms with E-state index < -0.39 is 34.7 Å². The second kappa shape index (κ2) is 8.52. The normalized spacial score (nSPS) is 14.6. The predicted molar refractivity (Wildman–Crippen MR) is 80.9 cm³/mol. The van der Waals surface area contributed by atoms with Crippen molar-refractivity contribution >= 4 is 17.4 Å². The van der Waals surface area contributed by atoms with Crippen LogP contribution in [0, 0.1) is 0 Å². The summed E-state index contributed by atoms with van der Waals surface area (Å²) in [7, 11) is 2.22. The van der Waals surface area contributed by atoms with Gasteiger partial charge < -0.3 is 10.2 Å². The minimum absolute atomic E-state index is 0.504. The van der Waals surface area contributed by atoms with Gasteiger partial charge >= 0.3 is 11.6 Å². The van der Waals surface area contributed by atoms with Crippen molar-refractivity contribution < 1.29 is 31.1 Å². The lowest BCUT2D eigenvalue weighted by Crippen LogP contribution is -2.47. The largest absolute Gasteiger partial charge is 0.460 e. The topological polar surface area (TPSA) is 60.9 Å². The molecule has 0 aliphatic heterocycles. The number of hydrazine groups is 2. The average molecular weight is 398 g/mol. The summed E-state index contributed by atoms with van der Waals surface area (Å²) in [6.07, 6.45) is -4.27. The fourth-order valence-corrected chi connectivity index (χ4v) is 1.20. The van der Waals surface area contributed by atoms with Gasteiger partial charge in [-0.05, 0) is 31.5 Å². The van der Waals surface area contributed by atoms with Crippen molar-refractivity contribution in [3.8, 4) is 0 Å². The zero-order valence-corrected chi connectivity index (χ0v) is 14.5. The Morgan fingerprint density at radius 3 is 2.12 bits per heavy atom. The van der Waals surface area contributed by atoms with E-state index in [-0.39, 0.29) is 0 Å². The maximum atomic E-state index is 13.8. The molecular formula is C12H18ClF6N5O.